The number of nitrogens with zero attached hydrogens (tertiary/aromatic N) is 3. The van der Waals surface area contributed by atoms with Crippen LogP contribution in [0.5, 0.6) is 0 Å². The third-order valence-electron chi connectivity index (χ3n) is 1.86. The average Bonchev–Trinajstić information content (AvgIpc) is 2.17. The molecule has 0 spiro atoms. The van der Waals surface area contributed by atoms with Crippen LogP contribution in [-0.4, -0.2) is 12.7 Å². The molecule has 0 N–H and O–H groups in total. The molecular weight excluding hydrogens is 206 g/mol. The summed E-state index contributed by atoms with van der Waals surface area (Å²) < 4.78 is 4.63. The molecule has 1 amide bonds. The van der Waals surface area contributed by atoms with E-state index in [1.807, 2.05) is 13.0 Å². The van der Waals surface area contributed by atoms with Gasteiger partial charge in [0.05, 0.1) is 0 Å². The predicted octanol–water partition coefficient (Wildman–Crippen LogP) is 4.13. The summed E-state index contributed by atoms with van der Waals surface area (Å²) in [6, 6.07) is 0. The lowest BCUT2D eigenvalue weighted by atomic mass is 10.1. The van der Waals surface area contributed by atoms with Gasteiger partial charge in [-0.05, 0) is 45.2 Å². The van der Waals surface area contributed by atoms with E-state index in [2.05, 4.69) is 34.7 Å². The Morgan fingerprint density at radius 1 is 1.38 bits per heavy atom. The number of ether oxygens (including phenoxy) is 1. The van der Waals surface area contributed by atoms with Crippen LogP contribution in [0.4, 0.5) is 4.79 Å². The molecule has 0 aromatic heterocycles. The fourth-order valence-corrected chi connectivity index (χ4v) is 1.01. The normalized spacial score (nSPS) is 10.3. The van der Waals surface area contributed by atoms with Gasteiger partial charge in [-0.1, -0.05) is 17.2 Å². The summed E-state index contributed by atoms with van der Waals surface area (Å²) in [5.74, 6) is 0. The molecule has 0 radical (unpaired) electrons. The van der Waals surface area contributed by atoms with Crippen molar-refractivity contribution in [2.75, 3.05) is 6.61 Å². The molecule has 0 saturated carbocycles. The summed E-state index contributed by atoms with van der Waals surface area (Å²) in [7, 11) is 0. The first kappa shape index (κ1) is 14.3. The summed E-state index contributed by atoms with van der Waals surface area (Å²) in [5.41, 5.74) is 10.4. The van der Waals surface area contributed by atoms with Crippen molar-refractivity contribution in [2.45, 2.75) is 33.6 Å². The van der Waals surface area contributed by atoms with Crippen molar-refractivity contribution in [3.63, 3.8) is 0 Å². The molecule has 5 heteroatoms. The second kappa shape index (κ2) is 8.56. The van der Waals surface area contributed by atoms with Crippen LogP contribution in [0.15, 0.2) is 28.4 Å². The van der Waals surface area contributed by atoms with Crippen molar-refractivity contribution in [3.05, 3.63) is 33.7 Å². The molecule has 0 fully saturated rings. The van der Waals surface area contributed by atoms with Crippen molar-refractivity contribution in [1.29, 1.82) is 0 Å². The molecule has 0 aromatic rings. The number of carbonyl (C=O) groups is 1. The molecule has 5 nitrogen and oxygen atoms in total. The first-order valence-corrected chi connectivity index (χ1v) is 5.07. The van der Waals surface area contributed by atoms with Gasteiger partial charge < -0.3 is 4.74 Å². The van der Waals surface area contributed by atoms with E-state index in [1.54, 1.807) is 0 Å². The molecule has 0 aliphatic carbocycles. The zero-order valence-electron chi connectivity index (χ0n) is 9.93. The second-order valence-corrected chi connectivity index (χ2v) is 3.64. The van der Waals surface area contributed by atoms with Crippen molar-refractivity contribution < 1.29 is 9.53 Å². The smallest absolute Gasteiger partial charge is 0.397 e. The van der Waals surface area contributed by atoms with Gasteiger partial charge in [0.2, 0.25) is 0 Å². The van der Waals surface area contributed by atoms with Crippen LogP contribution in [0.25, 0.3) is 10.4 Å². The van der Waals surface area contributed by atoms with E-state index in [9.17, 15) is 4.79 Å². The van der Waals surface area contributed by atoms with Crippen LogP contribution in [0.3, 0.4) is 0 Å². The maximum atomic E-state index is 10.6. The Morgan fingerprint density at radius 3 is 2.62 bits per heavy atom. The van der Waals surface area contributed by atoms with Crippen LogP contribution in [0, 0.1) is 0 Å². The van der Waals surface area contributed by atoms with Gasteiger partial charge in [0, 0.05) is 10.0 Å². The Hall–Kier alpha value is -1.74. The van der Waals surface area contributed by atoms with Gasteiger partial charge in [0.1, 0.15) is 6.61 Å². The highest BCUT2D eigenvalue weighted by molar-refractivity contribution is 5.68. The Morgan fingerprint density at radius 2 is 2.06 bits per heavy atom. The lowest BCUT2D eigenvalue weighted by Crippen LogP contribution is -1.97. The highest BCUT2D eigenvalue weighted by Crippen LogP contribution is 2.06. The first-order valence-electron chi connectivity index (χ1n) is 5.07. The molecule has 0 aliphatic rings. The SMILES string of the molecule is CC(C)=CCC/C(C)=C/COC(=O)N=[N+]=[N-]. The largest absolute Gasteiger partial charge is 0.457 e. The molecule has 0 bridgehead atoms. The summed E-state index contributed by atoms with van der Waals surface area (Å²) in [5, 5.41) is 2.79. The van der Waals surface area contributed by atoms with Gasteiger partial charge in [-0.25, -0.2) is 4.79 Å². The van der Waals surface area contributed by atoms with Crippen LogP contribution < -0.4 is 0 Å². The zero-order valence-corrected chi connectivity index (χ0v) is 9.93. The summed E-state index contributed by atoms with van der Waals surface area (Å²) in [4.78, 5) is 13.0. The number of hydrogen-bond acceptors (Lipinski definition) is 2. The highest BCUT2D eigenvalue weighted by atomic mass is 16.5. The maximum absolute atomic E-state index is 10.6. The molecule has 16 heavy (non-hydrogen) atoms. The lowest BCUT2D eigenvalue weighted by molar-refractivity contribution is 0.169. The number of carbonyl (C=O) groups excluding carboxylic acids is 1. The monoisotopic (exact) mass is 223 g/mol. The van der Waals surface area contributed by atoms with Gasteiger partial charge in [-0.3, -0.25) is 0 Å². The number of amides is 1. The van der Waals surface area contributed by atoms with Gasteiger partial charge in [0.25, 0.3) is 0 Å². The third-order valence-corrected chi connectivity index (χ3v) is 1.86. The highest BCUT2D eigenvalue weighted by Gasteiger charge is 1.95. The minimum absolute atomic E-state index is 0.151. The van der Waals surface area contributed by atoms with Crippen LogP contribution in [-0.2, 0) is 4.74 Å². The molecule has 0 rings (SSSR count). The van der Waals surface area contributed by atoms with E-state index in [0.29, 0.717) is 0 Å². The molecule has 0 aromatic carbocycles. The lowest BCUT2D eigenvalue weighted by Gasteiger charge is -1.99. The topological polar surface area (TPSA) is 75.1 Å². The van der Waals surface area contributed by atoms with E-state index in [1.165, 1.54) is 5.57 Å². The minimum Gasteiger partial charge on any atom is -0.457 e. The number of hydrogen-bond donors (Lipinski definition) is 0. The number of rotatable bonds is 5. The Kier molecular flexibility index (Phi) is 7.63. The fraction of sp³-hybridized carbons (Fsp3) is 0.545. The standard InChI is InChI=1S/C11H17N3O2/c1-9(2)5-4-6-10(3)7-8-16-11(15)13-14-12/h5,7H,4,6,8H2,1-3H3/b10-7+. The quantitative estimate of drug-likeness (QED) is 0.304. The third kappa shape index (κ3) is 8.84. The summed E-state index contributed by atoms with van der Waals surface area (Å²) >= 11 is 0. The van der Waals surface area contributed by atoms with Crippen molar-refractivity contribution in [3.8, 4) is 0 Å². The minimum atomic E-state index is -0.893. The first-order chi connectivity index (χ1) is 7.56. The van der Waals surface area contributed by atoms with Crippen LogP contribution in [0.1, 0.15) is 33.6 Å². The number of azide groups is 1. The number of allylic oxidation sites excluding steroid dienone is 3. The average molecular weight is 223 g/mol. The Balaban J connectivity index is 3.83. The zero-order chi connectivity index (χ0) is 12.4. The summed E-state index contributed by atoms with van der Waals surface area (Å²) in [6.07, 6.45) is 4.99. The van der Waals surface area contributed by atoms with Crippen LogP contribution >= 0.6 is 0 Å². The maximum Gasteiger partial charge on any atom is 0.397 e. The van der Waals surface area contributed by atoms with Crippen molar-refractivity contribution >= 4 is 6.09 Å². The van der Waals surface area contributed by atoms with Gasteiger partial charge in [-0.2, -0.15) is 0 Å². The van der Waals surface area contributed by atoms with Crippen molar-refractivity contribution in [2.24, 2.45) is 5.11 Å². The van der Waals surface area contributed by atoms with E-state index >= 15 is 0 Å². The van der Waals surface area contributed by atoms with E-state index < -0.39 is 6.09 Å². The second-order valence-electron chi connectivity index (χ2n) is 3.64. The molecule has 0 unspecified atom stereocenters. The predicted molar refractivity (Wildman–Crippen MR) is 62.9 cm³/mol. The Bertz CT molecular complexity index is 335. The van der Waals surface area contributed by atoms with Gasteiger partial charge in [0.15, 0.2) is 0 Å². The van der Waals surface area contributed by atoms with Crippen LogP contribution in [0.2, 0.25) is 0 Å². The van der Waals surface area contributed by atoms with E-state index in [-0.39, 0.29) is 6.61 Å². The van der Waals surface area contributed by atoms with E-state index in [0.717, 1.165) is 18.4 Å². The molecule has 0 saturated heterocycles. The molecule has 0 aliphatic heterocycles. The van der Waals surface area contributed by atoms with E-state index in [4.69, 9.17) is 5.53 Å². The molecule has 0 atom stereocenters. The summed E-state index contributed by atoms with van der Waals surface area (Å²) in [6.45, 7) is 6.24. The van der Waals surface area contributed by atoms with Crippen molar-refractivity contribution in [1.82, 2.24) is 0 Å². The molecular formula is C11H17N3O2. The van der Waals surface area contributed by atoms with Gasteiger partial charge >= 0.3 is 6.09 Å². The molecule has 88 valence electrons. The van der Waals surface area contributed by atoms with Gasteiger partial charge in [-0.15, -0.1) is 0 Å². The Labute approximate surface area is 95.4 Å². The fourth-order valence-electron chi connectivity index (χ4n) is 1.01. The molecule has 0 heterocycles.